The van der Waals surface area contributed by atoms with Crippen molar-refractivity contribution in [2.75, 3.05) is 6.54 Å². The lowest BCUT2D eigenvalue weighted by Gasteiger charge is -2.40. The fraction of sp³-hybridized carbons (Fsp3) is 0.615. The van der Waals surface area contributed by atoms with Gasteiger partial charge in [-0.1, -0.05) is 76.1 Å². The predicted molar refractivity (Wildman–Crippen MR) is 125 cm³/mol. The van der Waals surface area contributed by atoms with Crippen LogP contribution in [0.15, 0.2) is 30.5 Å². The van der Waals surface area contributed by atoms with E-state index in [4.69, 9.17) is 10.7 Å². The summed E-state index contributed by atoms with van der Waals surface area (Å²) in [5.41, 5.74) is 9.80. The molecule has 1 amide bonds. The first-order chi connectivity index (χ1) is 15.0. The van der Waals surface area contributed by atoms with Crippen molar-refractivity contribution in [3.8, 4) is 11.3 Å². The highest BCUT2D eigenvalue weighted by Crippen LogP contribution is 2.38. The van der Waals surface area contributed by atoms with Crippen LogP contribution in [0.3, 0.4) is 0 Å². The number of aryl methyl sites for hydroxylation is 1. The number of nitrogens with two attached hydrogens (primary N) is 1. The Morgan fingerprint density at radius 2 is 2.00 bits per heavy atom. The maximum absolute atomic E-state index is 13.4. The van der Waals surface area contributed by atoms with Crippen molar-refractivity contribution in [3.63, 3.8) is 0 Å². The minimum absolute atomic E-state index is 0.0259. The van der Waals surface area contributed by atoms with E-state index in [2.05, 4.69) is 60.7 Å². The molecule has 1 fully saturated rings. The van der Waals surface area contributed by atoms with Gasteiger partial charge in [-0.15, -0.1) is 0 Å². The van der Waals surface area contributed by atoms with E-state index in [9.17, 15) is 4.79 Å². The molecule has 2 aliphatic rings. The van der Waals surface area contributed by atoms with Crippen LogP contribution in [0.5, 0.6) is 0 Å². The first-order valence-electron chi connectivity index (χ1n) is 12.2. The standard InChI is InChI=1S/C26H38N4O/c1-4-19(3)24(27)26(31)30-14-13-29-17-22(21-12-8-9-18(2)15-21)28-25(29)23(30)16-20-10-6-5-7-11-20/h8-9,12,15,17,19-20,23-24H,4-7,10-11,13-14,16,27H2,1-3H3/t19-,23-,24-/m0/s1. The molecule has 0 unspecified atom stereocenters. The van der Waals surface area contributed by atoms with Crippen LogP contribution in [0.1, 0.15) is 76.2 Å². The third-order valence-corrected chi connectivity index (χ3v) is 7.48. The zero-order valence-corrected chi connectivity index (χ0v) is 19.4. The molecule has 1 aliphatic carbocycles. The normalized spacial score (nSPS) is 21.5. The summed E-state index contributed by atoms with van der Waals surface area (Å²) < 4.78 is 2.28. The monoisotopic (exact) mass is 422 g/mol. The summed E-state index contributed by atoms with van der Waals surface area (Å²) in [5, 5.41) is 0. The number of carbonyl (C=O) groups is 1. The van der Waals surface area contributed by atoms with Crippen molar-refractivity contribution in [1.29, 1.82) is 0 Å². The van der Waals surface area contributed by atoms with Gasteiger partial charge in [0.1, 0.15) is 5.82 Å². The van der Waals surface area contributed by atoms with E-state index in [-0.39, 0.29) is 17.9 Å². The predicted octanol–water partition coefficient (Wildman–Crippen LogP) is 5.09. The molecule has 1 aromatic heterocycles. The molecule has 0 radical (unpaired) electrons. The Balaban J connectivity index is 1.66. The molecule has 31 heavy (non-hydrogen) atoms. The molecule has 1 aliphatic heterocycles. The zero-order valence-electron chi connectivity index (χ0n) is 19.4. The first-order valence-corrected chi connectivity index (χ1v) is 12.2. The summed E-state index contributed by atoms with van der Waals surface area (Å²) in [4.78, 5) is 20.6. The van der Waals surface area contributed by atoms with E-state index in [1.807, 2.05) is 0 Å². The molecule has 4 rings (SSSR count). The van der Waals surface area contributed by atoms with Crippen LogP contribution < -0.4 is 5.73 Å². The summed E-state index contributed by atoms with van der Waals surface area (Å²) in [6.45, 7) is 7.81. The van der Waals surface area contributed by atoms with Crippen LogP contribution >= 0.6 is 0 Å². The van der Waals surface area contributed by atoms with Gasteiger partial charge in [-0.05, 0) is 31.2 Å². The van der Waals surface area contributed by atoms with E-state index < -0.39 is 6.04 Å². The number of hydrogen-bond acceptors (Lipinski definition) is 3. The number of rotatable bonds is 6. The fourth-order valence-electron chi connectivity index (χ4n) is 5.25. The summed E-state index contributed by atoms with van der Waals surface area (Å²) in [7, 11) is 0. The molecule has 2 heterocycles. The lowest BCUT2D eigenvalue weighted by Crippen LogP contribution is -2.51. The van der Waals surface area contributed by atoms with Crippen LogP contribution in [-0.2, 0) is 11.3 Å². The topological polar surface area (TPSA) is 64.2 Å². The Kier molecular flexibility index (Phi) is 6.80. The molecule has 3 atom stereocenters. The van der Waals surface area contributed by atoms with Crippen LogP contribution in [0.25, 0.3) is 11.3 Å². The highest BCUT2D eigenvalue weighted by atomic mass is 16.2. The summed E-state index contributed by atoms with van der Waals surface area (Å²) in [5.74, 6) is 1.99. The Bertz CT molecular complexity index is 899. The lowest BCUT2D eigenvalue weighted by atomic mass is 9.83. The molecule has 2 N–H and O–H groups in total. The molecule has 5 heteroatoms. The Morgan fingerprint density at radius 3 is 2.71 bits per heavy atom. The fourth-order valence-corrected chi connectivity index (χ4v) is 5.25. The van der Waals surface area contributed by atoms with Gasteiger partial charge in [0.05, 0.1) is 17.8 Å². The number of fused-ring (bicyclic) bond motifs is 1. The van der Waals surface area contributed by atoms with E-state index in [0.29, 0.717) is 5.92 Å². The van der Waals surface area contributed by atoms with E-state index >= 15 is 0 Å². The van der Waals surface area contributed by atoms with Crippen molar-refractivity contribution in [3.05, 3.63) is 41.9 Å². The molecule has 168 valence electrons. The van der Waals surface area contributed by atoms with Gasteiger partial charge in [0, 0.05) is 24.8 Å². The lowest BCUT2D eigenvalue weighted by molar-refractivity contribution is -0.138. The second kappa shape index (κ2) is 9.56. The Morgan fingerprint density at radius 1 is 1.23 bits per heavy atom. The average Bonchev–Trinajstić information content (AvgIpc) is 3.23. The maximum Gasteiger partial charge on any atom is 0.240 e. The SMILES string of the molecule is CC[C@H](C)[C@H](N)C(=O)N1CCn2cc(-c3cccc(C)c3)nc2[C@@H]1CC1CCCCC1. The van der Waals surface area contributed by atoms with Crippen LogP contribution in [0, 0.1) is 18.8 Å². The number of hydrogen-bond donors (Lipinski definition) is 1. The van der Waals surface area contributed by atoms with Crippen molar-refractivity contribution in [1.82, 2.24) is 14.5 Å². The van der Waals surface area contributed by atoms with E-state index in [0.717, 1.165) is 43.0 Å². The largest absolute Gasteiger partial charge is 0.331 e. The van der Waals surface area contributed by atoms with E-state index in [1.54, 1.807) is 0 Å². The van der Waals surface area contributed by atoms with Gasteiger partial charge in [-0.3, -0.25) is 4.79 Å². The third kappa shape index (κ3) is 4.72. The molecule has 0 saturated heterocycles. The molecular formula is C26H38N4O. The molecule has 0 spiro atoms. The van der Waals surface area contributed by atoms with Crippen molar-refractivity contribution in [2.24, 2.45) is 17.6 Å². The first kappa shape index (κ1) is 22.1. The number of imidazole rings is 1. The minimum Gasteiger partial charge on any atom is -0.331 e. The van der Waals surface area contributed by atoms with Gasteiger partial charge < -0.3 is 15.2 Å². The van der Waals surface area contributed by atoms with Gasteiger partial charge >= 0.3 is 0 Å². The van der Waals surface area contributed by atoms with Crippen molar-refractivity contribution in [2.45, 2.75) is 84.3 Å². The molecular weight excluding hydrogens is 384 g/mol. The number of benzene rings is 1. The molecule has 2 aromatic rings. The summed E-state index contributed by atoms with van der Waals surface area (Å²) in [6.07, 6.45) is 10.6. The minimum atomic E-state index is -0.434. The molecule has 0 bridgehead atoms. The van der Waals surface area contributed by atoms with Crippen molar-refractivity contribution < 1.29 is 4.79 Å². The quantitative estimate of drug-likeness (QED) is 0.705. The highest BCUT2D eigenvalue weighted by molar-refractivity contribution is 5.82. The molecule has 1 saturated carbocycles. The summed E-state index contributed by atoms with van der Waals surface area (Å²) in [6, 6.07) is 8.10. The number of nitrogens with zero attached hydrogens (tertiary/aromatic N) is 3. The maximum atomic E-state index is 13.4. The Labute approximate surface area is 187 Å². The molecule has 5 nitrogen and oxygen atoms in total. The average molecular weight is 423 g/mol. The van der Waals surface area contributed by atoms with Gasteiger partial charge in [0.25, 0.3) is 0 Å². The summed E-state index contributed by atoms with van der Waals surface area (Å²) >= 11 is 0. The molecule has 1 aromatic carbocycles. The number of aromatic nitrogens is 2. The zero-order chi connectivity index (χ0) is 22.0. The van der Waals surface area contributed by atoms with Gasteiger partial charge in [-0.25, -0.2) is 4.98 Å². The number of amides is 1. The van der Waals surface area contributed by atoms with E-state index in [1.165, 1.54) is 37.7 Å². The third-order valence-electron chi connectivity index (χ3n) is 7.48. The van der Waals surface area contributed by atoms with Gasteiger partial charge in [-0.2, -0.15) is 0 Å². The van der Waals surface area contributed by atoms with Gasteiger partial charge in [0.15, 0.2) is 0 Å². The van der Waals surface area contributed by atoms with Gasteiger partial charge in [0.2, 0.25) is 5.91 Å². The highest BCUT2D eigenvalue weighted by Gasteiger charge is 2.37. The van der Waals surface area contributed by atoms with Crippen LogP contribution in [-0.4, -0.2) is 32.9 Å². The second-order valence-electron chi connectivity index (χ2n) is 9.75. The smallest absolute Gasteiger partial charge is 0.240 e. The number of carbonyl (C=O) groups excluding carboxylic acids is 1. The Hall–Kier alpha value is -2.14. The van der Waals surface area contributed by atoms with Crippen LogP contribution in [0.4, 0.5) is 0 Å². The van der Waals surface area contributed by atoms with Crippen LogP contribution in [0.2, 0.25) is 0 Å². The second-order valence-corrected chi connectivity index (χ2v) is 9.75. The van der Waals surface area contributed by atoms with Crippen molar-refractivity contribution >= 4 is 5.91 Å².